The number of aryl methyl sites for hydroxylation is 1. The molecule has 104 valence electrons. The minimum absolute atomic E-state index is 0.397. The van der Waals surface area contributed by atoms with Crippen LogP contribution in [0.4, 0.5) is 0 Å². The molecule has 0 saturated carbocycles. The van der Waals surface area contributed by atoms with Gasteiger partial charge in [0.25, 0.3) is 0 Å². The van der Waals surface area contributed by atoms with Crippen molar-refractivity contribution in [2.75, 3.05) is 20.3 Å². The summed E-state index contributed by atoms with van der Waals surface area (Å²) < 4.78 is 7.27. The SMILES string of the molecule is CCCNC(CCCOC)c1ccnn1CCC. The molecule has 0 aliphatic heterocycles. The van der Waals surface area contributed by atoms with Gasteiger partial charge >= 0.3 is 0 Å². The van der Waals surface area contributed by atoms with E-state index in [1.807, 2.05) is 6.20 Å². The van der Waals surface area contributed by atoms with Crippen LogP contribution in [-0.2, 0) is 11.3 Å². The second-order valence-corrected chi connectivity index (χ2v) is 4.62. The van der Waals surface area contributed by atoms with E-state index in [0.29, 0.717) is 6.04 Å². The van der Waals surface area contributed by atoms with Crippen molar-refractivity contribution in [2.45, 2.75) is 52.1 Å². The smallest absolute Gasteiger partial charge is 0.0553 e. The zero-order valence-corrected chi connectivity index (χ0v) is 12.0. The first-order valence-corrected chi connectivity index (χ1v) is 7.07. The average molecular weight is 253 g/mol. The molecular weight excluding hydrogens is 226 g/mol. The number of ether oxygens (including phenoxy) is 1. The fourth-order valence-electron chi connectivity index (χ4n) is 2.14. The molecule has 0 fully saturated rings. The molecule has 0 aromatic carbocycles. The summed E-state index contributed by atoms with van der Waals surface area (Å²) >= 11 is 0. The summed E-state index contributed by atoms with van der Waals surface area (Å²) in [6.45, 7) is 7.26. The molecule has 1 aromatic rings. The lowest BCUT2D eigenvalue weighted by Gasteiger charge is -2.19. The van der Waals surface area contributed by atoms with Gasteiger partial charge in [-0.15, -0.1) is 0 Å². The Morgan fingerprint density at radius 1 is 1.39 bits per heavy atom. The first kappa shape index (κ1) is 15.2. The normalized spacial score (nSPS) is 12.8. The molecule has 0 radical (unpaired) electrons. The minimum atomic E-state index is 0.397. The molecule has 18 heavy (non-hydrogen) atoms. The van der Waals surface area contributed by atoms with Crippen LogP contribution >= 0.6 is 0 Å². The molecule has 4 nitrogen and oxygen atoms in total. The Morgan fingerprint density at radius 2 is 2.22 bits per heavy atom. The summed E-state index contributed by atoms with van der Waals surface area (Å²) in [4.78, 5) is 0. The standard InChI is InChI=1S/C14H27N3O/c1-4-9-15-13(7-6-12-18-3)14-8-10-16-17(14)11-5-2/h8,10,13,15H,4-7,9,11-12H2,1-3H3. The Bertz CT molecular complexity index is 312. The zero-order valence-electron chi connectivity index (χ0n) is 12.0. The Balaban J connectivity index is 2.63. The number of nitrogens with one attached hydrogen (secondary N) is 1. The Hall–Kier alpha value is -0.870. The van der Waals surface area contributed by atoms with Crippen LogP contribution in [-0.4, -0.2) is 30.0 Å². The van der Waals surface area contributed by atoms with Gasteiger partial charge in [-0.25, -0.2) is 0 Å². The van der Waals surface area contributed by atoms with Crippen LogP contribution in [0.1, 0.15) is 51.3 Å². The van der Waals surface area contributed by atoms with Crippen LogP contribution in [0.5, 0.6) is 0 Å². The summed E-state index contributed by atoms with van der Waals surface area (Å²) in [7, 11) is 1.76. The molecule has 4 heteroatoms. The largest absolute Gasteiger partial charge is 0.385 e. The van der Waals surface area contributed by atoms with Gasteiger partial charge in [0.05, 0.1) is 5.69 Å². The highest BCUT2D eigenvalue weighted by Crippen LogP contribution is 2.18. The third kappa shape index (κ3) is 4.78. The van der Waals surface area contributed by atoms with Crippen molar-refractivity contribution in [2.24, 2.45) is 0 Å². The molecule has 1 rings (SSSR count). The Morgan fingerprint density at radius 3 is 2.89 bits per heavy atom. The number of rotatable bonds is 10. The average Bonchev–Trinajstić information content (AvgIpc) is 2.82. The van der Waals surface area contributed by atoms with Crippen LogP contribution < -0.4 is 5.32 Å². The van der Waals surface area contributed by atoms with Crippen LogP contribution in [0.3, 0.4) is 0 Å². The molecule has 0 spiro atoms. The summed E-state index contributed by atoms with van der Waals surface area (Å²) in [6, 6.07) is 2.53. The highest BCUT2D eigenvalue weighted by molar-refractivity contribution is 5.07. The van der Waals surface area contributed by atoms with Crippen molar-refractivity contribution >= 4 is 0 Å². The predicted molar refractivity (Wildman–Crippen MR) is 74.7 cm³/mol. The third-order valence-corrected chi connectivity index (χ3v) is 3.02. The van der Waals surface area contributed by atoms with Crippen molar-refractivity contribution in [1.29, 1.82) is 0 Å². The van der Waals surface area contributed by atoms with Crippen molar-refractivity contribution in [3.8, 4) is 0 Å². The first-order valence-electron chi connectivity index (χ1n) is 7.07. The number of methoxy groups -OCH3 is 1. The van der Waals surface area contributed by atoms with Crippen molar-refractivity contribution in [1.82, 2.24) is 15.1 Å². The first-order chi connectivity index (χ1) is 8.83. The summed E-state index contributed by atoms with van der Waals surface area (Å²) in [5.41, 5.74) is 1.31. The fourth-order valence-corrected chi connectivity index (χ4v) is 2.14. The van der Waals surface area contributed by atoms with E-state index in [9.17, 15) is 0 Å². The molecule has 0 amide bonds. The second kappa shape index (κ2) is 9.11. The van der Waals surface area contributed by atoms with Crippen LogP contribution in [0, 0.1) is 0 Å². The van der Waals surface area contributed by atoms with Gasteiger partial charge in [-0.1, -0.05) is 13.8 Å². The van der Waals surface area contributed by atoms with Gasteiger partial charge in [0.1, 0.15) is 0 Å². The van der Waals surface area contributed by atoms with E-state index in [2.05, 4.69) is 35.0 Å². The van der Waals surface area contributed by atoms with Crippen LogP contribution in [0.2, 0.25) is 0 Å². The van der Waals surface area contributed by atoms with E-state index >= 15 is 0 Å². The van der Waals surface area contributed by atoms with Gasteiger partial charge in [-0.2, -0.15) is 5.10 Å². The molecule has 0 aliphatic carbocycles. The molecule has 1 atom stereocenters. The number of hydrogen-bond acceptors (Lipinski definition) is 3. The lowest BCUT2D eigenvalue weighted by molar-refractivity contribution is 0.188. The Kier molecular flexibility index (Phi) is 7.69. The molecule has 1 N–H and O–H groups in total. The molecule has 0 aliphatic rings. The Labute approximate surface area is 111 Å². The highest BCUT2D eigenvalue weighted by atomic mass is 16.5. The number of aromatic nitrogens is 2. The van der Waals surface area contributed by atoms with E-state index in [-0.39, 0.29) is 0 Å². The topological polar surface area (TPSA) is 39.1 Å². The maximum Gasteiger partial charge on any atom is 0.0553 e. The quantitative estimate of drug-likeness (QED) is 0.652. The van der Waals surface area contributed by atoms with Crippen LogP contribution in [0.15, 0.2) is 12.3 Å². The van der Waals surface area contributed by atoms with Gasteiger partial charge in [-0.05, 0) is 38.3 Å². The molecule has 0 saturated heterocycles. The van der Waals surface area contributed by atoms with Crippen LogP contribution in [0.25, 0.3) is 0 Å². The van der Waals surface area contributed by atoms with Gasteiger partial charge in [0.2, 0.25) is 0 Å². The third-order valence-electron chi connectivity index (χ3n) is 3.02. The van der Waals surface area contributed by atoms with Gasteiger partial charge in [0, 0.05) is 32.5 Å². The molecule has 1 heterocycles. The van der Waals surface area contributed by atoms with E-state index in [0.717, 1.165) is 45.4 Å². The number of nitrogens with zero attached hydrogens (tertiary/aromatic N) is 2. The van der Waals surface area contributed by atoms with E-state index in [1.165, 1.54) is 5.69 Å². The lowest BCUT2D eigenvalue weighted by atomic mass is 10.1. The van der Waals surface area contributed by atoms with Gasteiger partial charge in [-0.3, -0.25) is 4.68 Å². The monoisotopic (exact) mass is 253 g/mol. The maximum absolute atomic E-state index is 5.14. The summed E-state index contributed by atoms with van der Waals surface area (Å²) in [6.07, 6.45) is 6.36. The molecule has 0 bridgehead atoms. The van der Waals surface area contributed by atoms with Crippen molar-refractivity contribution < 1.29 is 4.74 Å². The minimum Gasteiger partial charge on any atom is -0.385 e. The summed E-state index contributed by atoms with van der Waals surface area (Å²) in [5.74, 6) is 0. The van der Waals surface area contributed by atoms with Crippen molar-refractivity contribution in [3.63, 3.8) is 0 Å². The van der Waals surface area contributed by atoms with E-state index in [1.54, 1.807) is 7.11 Å². The molecular formula is C14H27N3O. The van der Waals surface area contributed by atoms with Gasteiger partial charge < -0.3 is 10.1 Å². The van der Waals surface area contributed by atoms with E-state index in [4.69, 9.17) is 4.74 Å². The second-order valence-electron chi connectivity index (χ2n) is 4.62. The van der Waals surface area contributed by atoms with Gasteiger partial charge in [0.15, 0.2) is 0 Å². The van der Waals surface area contributed by atoms with Crippen molar-refractivity contribution in [3.05, 3.63) is 18.0 Å². The highest BCUT2D eigenvalue weighted by Gasteiger charge is 2.14. The predicted octanol–water partition coefficient (Wildman–Crippen LogP) is 2.76. The fraction of sp³-hybridized carbons (Fsp3) is 0.786. The lowest BCUT2D eigenvalue weighted by Crippen LogP contribution is -2.25. The maximum atomic E-state index is 5.14. The number of hydrogen-bond donors (Lipinski definition) is 1. The molecule has 1 unspecified atom stereocenters. The molecule has 1 aromatic heterocycles. The zero-order chi connectivity index (χ0) is 13.2. The summed E-state index contributed by atoms with van der Waals surface area (Å²) in [5, 5.41) is 8.02. The van der Waals surface area contributed by atoms with E-state index < -0.39 is 0 Å².